The molecule has 0 spiro atoms. The third-order valence-corrected chi connectivity index (χ3v) is 4.63. The van der Waals surface area contributed by atoms with Crippen molar-refractivity contribution in [1.29, 1.82) is 0 Å². The van der Waals surface area contributed by atoms with Gasteiger partial charge >= 0.3 is 0 Å². The van der Waals surface area contributed by atoms with E-state index < -0.39 is 0 Å². The Morgan fingerprint density at radius 1 is 0.926 bits per heavy atom. The predicted molar refractivity (Wildman–Crippen MR) is 109 cm³/mol. The van der Waals surface area contributed by atoms with E-state index in [0.29, 0.717) is 18.1 Å². The van der Waals surface area contributed by atoms with Gasteiger partial charge in [-0.15, -0.1) is 0 Å². The summed E-state index contributed by atoms with van der Waals surface area (Å²) in [7, 11) is 0. The molecular weight excluding hydrogens is 340 g/mol. The molecule has 1 N–H and O–H groups in total. The van der Waals surface area contributed by atoms with Crippen LogP contribution in [0.5, 0.6) is 11.5 Å². The van der Waals surface area contributed by atoms with E-state index in [1.54, 1.807) is 6.07 Å². The normalized spacial score (nSPS) is 14.3. The lowest BCUT2D eigenvalue weighted by molar-refractivity contribution is -0.118. The van der Waals surface area contributed by atoms with Crippen LogP contribution in [-0.2, 0) is 4.79 Å². The van der Waals surface area contributed by atoms with Crippen molar-refractivity contribution in [3.8, 4) is 11.5 Å². The Morgan fingerprint density at radius 2 is 1.56 bits per heavy atom. The summed E-state index contributed by atoms with van der Waals surface area (Å²) in [5.74, 6) is 1.03. The number of hydrogen-bond acceptors (Lipinski definition) is 4. The molecule has 0 aliphatic carbocycles. The fraction of sp³-hybridized carbons (Fsp3) is 0.409. The first-order valence-corrected chi connectivity index (χ1v) is 9.76. The van der Waals surface area contributed by atoms with Crippen LogP contribution < -0.4 is 19.7 Å². The summed E-state index contributed by atoms with van der Waals surface area (Å²) in [6.45, 7) is 4.63. The van der Waals surface area contributed by atoms with Gasteiger partial charge in [-0.05, 0) is 56.2 Å². The molecule has 5 heteroatoms. The summed E-state index contributed by atoms with van der Waals surface area (Å²) < 4.78 is 11.1. The molecule has 2 aromatic carbocycles. The molecule has 3 rings (SSSR count). The van der Waals surface area contributed by atoms with Crippen molar-refractivity contribution in [3.63, 3.8) is 0 Å². The number of para-hydroxylation sites is 2. The predicted octanol–water partition coefficient (Wildman–Crippen LogP) is 4.48. The van der Waals surface area contributed by atoms with E-state index >= 15 is 0 Å². The zero-order chi connectivity index (χ0) is 18.9. The minimum atomic E-state index is -0.191. The van der Waals surface area contributed by atoms with Crippen molar-refractivity contribution in [1.82, 2.24) is 0 Å². The standard InChI is InChI=1S/C22H28N2O3/c1-2-26-20-9-5-6-10-21(20)27-17-22(25)23-18-11-13-19(14-12-18)24-15-7-3-4-8-16-24/h5-6,9-14H,2-4,7-8,15-17H2,1H3,(H,23,25). The number of carbonyl (C=O) groups excluding carboxylic acids is 1. The maximum absolute atomic E-state index is 12.2. The highest BCUT2D eigenvalue weighted by Crippen LogP contribution is 2.26. The first kappa shape index (κ1) is 19.1. The summed E-state index contributed by atoms with van der Waals surface area (Å²) in [5, 5.41) is 2.88. The Morgan fingerprint density at radius 3 is 2.19 bits per heavy atom. The molecule has 144 valence electrons. The van der Waals surface area contributed by atoms with Crippen LogP contribution in [0.15, 0.2) is 48.5 Å². The Balaban J connectivity index is 1.52. The molecular formula is C22H28N2O3. The Hall–Kier alpha value is -2.69. The lowest BCUT2D eigenvalue weighted by atomic mass is 10.2. The number of hydrogen-bond donors (Lipinski definition) is 1. The highest BCUT2D eigenvalue weighted by Gasteiger charge is 2.11. The quantitative estimate of drug-likeness (QED) is 0.783. The summed E-state index contributed by atoms with van der Waals surface area (Å²) in [6.07, 6.45) is 5.13. The van der Waals surface area contributed by atoms with Crippen LogP contribution in [0.3, 0.4) is 0 Å². The Labute approximate surface area is 161 Å². The summed E-state index contributed by atoms with van der Waals surface area (Å²) in [6, 6.07) is 15.4. The van der Waals surface area contributed by atoms with Crippen molar-refractivity contribution >= 4 is 17.3 Å². The monoisotopic (exact) mass is 368 g/mol. The summed E-state index contributed by atoms with van der Waals surface area (Å²) in [4.78, 5) is 14.6. The Kier molecular flexibility index (Phi) is 6.97. The number of benzene rings is 2. The van der Waals surface area contributed by atoms with Gasteiger partial charge in [0.2, 0.25) is 0 Å². The maximum Gasteiger partial charge on any atom is 0.262 e. The zero-order valence-corrected chi connectivity index (χ0v) is 15.9. The second kappa shape index (κ2) is 9.86. The highest BCUT2D eigenvalue weighted by atomic mass is 16.5. The van der Waals surface area contributed by atoms with E-state index in [-0.39, 0.29) is 12.5 Å². The molecule has 0 saturated carbocycles. The highest BCUT2D eigenvalue weighted by molar-refractivity contribution is 5.92. The first-order valence-electron chi connectivity index (χ1n) is 9.76. The third kappa shape index (κ3) is 5.64. The van der Waals surface area contributed by atoms with Gasteiger partial charge < -0.3 is 19.7 Å². The van der Waals surface area contributed by atoms with E-state index in [2.05, 4.69) is 22.3 Å². The van der Waals surface area contributed by atoms with Crippen molar-refractivity contribution < 1.29 is 14.3 Å². The summed E-state index contributed by atoms with van der Waals surface area (Å²) >= 11 is 0. The van der Waals surface area contributed by atoms with Gasteiger partial charge in [0.1, 0.15) is 0 Å². The average molecular weight is 368 g/mol. The second-order valence-corrected chi connectivity index (χ2v) is 6.66. The largest absolute Gasteiger partial charge is 0.490 e. The lowest BCUT2D eigenvalue weighted by Crippen LogP contribution is -2.24. The van der Waals surface area contributed by atoms with Gasteiger partial charge in [-0.25, -0.2) is 0 Å². The van der Waals surface area contributed by atoms with E-state index in [0.717, 1.165) is 18.8 Å². The molecule has 0 aromatic heterocycles. The molecule has 1 amide bonds. The molecule has 1 fully saturated rings. The van der Waals surface area contributed by atoms with Crippen molar-refractivity contribution in [2.75, 3.05) is 36.5 Å². The molecule has 0 unspecified atom stereocenters. The Bertz CT molecular complexity index is 723. The molecule has 1 saturated heterocycles. The first-order chi connectivity index (χ1) is 13.3. The van der Waals surface area contributed by atoms with Crippen LogP contribution >= 0.6 is 0 Å². The molecule has 1 aliphatic heterocycles. The van der Waals surface area contributed by atoms with Crippen LogP contribution in [0, 0.1) is 0 Å². The minimum Gasteiger partial charge on any atom is -0.490 e. The van der Waals surface area contributed by atoms with Crippen molar-refractivity contribution in [2.45, 2.75) is 32.6 Å². The fourth-order valence-corrected chi connectivity index (χ4v) is 3.27. The lowest BCUT2D eigenvalue weighted by Gasteiger charge is -2.22. The SMILES string of the molecule is CCOc1ccccc1OCC(=O)Nc1ccc(N2CCCCCC2)cc1. The second-order valence-electron chi connectivity index (χ2n) is 6.66. The van der Waals surface area contributed by atoms with Crippen LogP contribution in [-0.4, -0.2) is 32.2 Å². The number of ether oxygens (including phenoxy) is 2. The maximum atomic E-state index is 12.2. The molecule has 1 aliphatic rings. The zero-order valence-electron chi connectivity index (χ0n) is 15.9. The van der Waals surface area contributed by atoms with Crippen LogP contribution in [0.2, 0.25) is 0 Å². The topological polar surface area (TPSA) is 50.8 Å². The van der Waals surface area contributed by atoms with Gasteiger partial charge in [-0.3, -0.25) is 4.79 Å². The van der Waals surface area contributed by atoms with E-state index in [4.69, 9.17) is 9.47 Å². The van der Waals surface area contributed by atoms with Gasteiger partial charge in [-0.1, -0.05) is 25.0 Å². The minimum absolute atomic E-state index is 0.0576. The molecule has 0 radical (unpaired) electrons. The number of carbonyl (C=O) groups is 1. The fourth-order valence-electron chi connectivity index (χ4n) is 3.27. The van der Waals surface area contributed by atoms with Gasteiger partial charge in [-0.2, -0.15) is 0 Å². The number of nitrogens with zero attached hydrogens (tertiary/aromatic N) is 1. The third-order valence-electron chi connectivity index (χ3n) is 4.63. The van der Waals surface area contributed by atoms with Gasteiger partial charge in [0.25, 0.3) is 5.91 Å². The molecule has 0 bridgehead atoms. The van der Waals surface area contributed by atoms with Crippen molar-refractivity contribution in [2.24, 2.45) is 0 Å². The van der Waals surface area contributed by atoms with Crippen LogP contribution in [0.25, 0.3) is 0 Å². The van der Waals surface area contributed by atoms with Gasteiger partial charge in [0, 0.05) is 24.5 Å². The average Bonchev–Trinajstić information content (AvgIpc) is 2.98. The summed E-state index contributed by atoms with van der Waals surface area (Å²) in [5.41, 5.74) is 2.00. The number of amides is 1. The molecule has 0 atom stereocenters. The van der Waals surface area contributed by atoms with E-state index in [1.165, 1.54) is 31.4 Å². The molecule has 5 nitrogen and oxygen atoms in total. The van der Waals surface area contributed by atoms with Gasteiger partial charge in [0.05, 0.1) is 6.61 Å². The molecule has 27 heavy (non-hydrogen) atoms. The number of nitrogens with one attached hydrogen (secondary N) is 1. The van der Waals surface area contributed by atoms with E-state index in [9.17, 15) is 4.79 Å². The smallest absolute Gasteiger partial charge is 0.262 e. The molecule has 1 heterocycles. The number of anilines is 2. The van der Waals surface area contributed by atoms with E-state index in [1.807, 2.05) is 37.3 Å². The number of rotatable bonds is 7. The van der Waals surface area contributed by atoms with Crippen LogP contribution in [0.4, 0.5) is 11.4 Å². The van der Waals surface area contributed by atoms with Gasteiger partial charge in [0.15, 0.2) is 18.1 Å². The molecule has 2 aromatic rings. The van der Waals surface area contributed by atoms with Crippen LogP contribution in [0.1, 0.15) is 32.6 Å². The van der Waals surface area contributed by atoms with Crippen molar-refractivity contribution in [3.05, 3.63) is 48.5 Å².